The molecular weight excluding hydrogens is 305 g/mol. The second-order valence-corrected chi connectivity index (χ2v) is 6.84. The highest BCUT2D eigenvalue weighted by Gasteiger charge is 2.13. The van der Waals surface area contributed by atoms with E-state index in [1.165, 1.54) is 24.3 Å². The quantitative estimate of drug-likeness (QED) is 0.889. The fourth-order valence-electron chi connectivity index (χ4n) is 1.87. The molecule has 0 bridgehead atoms. The number of hydrogen-bond donors (Lipinski definition) is 1. The van der Waals surface area contributed by atoms with Crippen molar-refractivity contribution >= 4 is 10.0 Å². The van der Waals surface area contributed by atoms with Crippen molar-refractivity contribution in [2.75, 3.05) is 0 Å². The van der Waals surface area contributed by atoms with Crippen molar-refractivity contribution in [1.29, 1.82) is 0 Å². The maximum atomic E-state index is 13.9. The summed E-state index contributed by atoms with van der Waals surface area (Å²) in [6.07, 6.45) is -0.128. The van der Waals surface area contributed by atoms with E-state index in [-0.39, 0.29) is 23.3 Å². The monoisotopic (exact) mass is 323 g/mol. The van der Waals surface area contributed by atoms with E-state index in [1.807, 2.05) is 0 Å². The third-order valence-electron chi connectivity index (χ3n) is 2.88. The normalized spacial score (nSPS) is 11.6. The zero-order valence-electron chi connectivity index (χ0n) is 12.4. The zero-order chi connectivity index (χ0) is 16.2. The SMILES string of the molecule is CC(C)Oc1ccc(CNS(=O)(=O)c2ccccc2)cc1F. The van der Waals surface area contributed by atoms with Gasteiger partial charge in [-0.2, -0.15) is 0 Å². The highest BCUT2D eigenvalue weighted by molar-refractivity contribution is 7.89. The molecule has 0 atom stereocenters. The van der Waals surface area contributed by atoms with Crippen molar-refractivity contribution in [2.45, 2.75) is 31.4 Å². The van der Waals surface area contributed by atoms with Crippen LogP contribution in [0, 0.1) is 5.82 Å². The maximum absolute atomic E-state index is 13.9. The number of nitrogens with one attached hydrogen (secondary N) is 1. The first kappa shape index (κ1) is 16.5. The van der Waals surface area contributed by atoms with E-state index in [0.717, 1.165) is 0 Å². The summed E-state index contributed by atoms with van der Waals surface area (Å²) in [7, 11) is -3.60. The minimum atomic E-state index is -3.60. The van der Waals surface area contributed by atoms with Gasteiger partial charge in [-0.15, -0.1) is 0 Å². The Labute approximate surface area is 130 Å². The van der Waals surface area contributed by atoms with E-state index in [9.17, 15) is 12.8 Å². The number of sulfonamides is 1. The topological polar surface area (TPSA) is 55.4 Å². The Hall–Kier alpha value is -1.92. The largest absolute Gasteiger partial charge is 0.488 e. The van der Waals surface area contributed by atoms with Crippen LogP contribution in [-0.4, -0.2) is 14.5 Å². The number of benzene rings is 2. The van der Waals surface area contributed by atoms with Gasteiger partial charge in [-0.25, -0.2) is 17.5 Å². The van der Waals surface area contributed by atoms with Crippen molar-refractivity contribution in [1.82, 2.24) is 4.72 Å². The first-order chi connectivity index (χ1) is 10.4. The molecule has 0 heterocycles. The first-order valence-electron chi connectivity index (χ1n) is 6.88. The Kier molecular flexibility index (Phi) is 5.15. The van der Waals surface area contributed by atoms with Crippen molar-refractivity contribution < 1.29 is 17.5 Å². The molecule has 0 saturated carbocycles. The van der Waals surface area contributed by atoms with Gasteiger partial charge in [0.25, 0.3) is 0 Å². The van der Waals surface area contributed by atoms with Gasteiger partial charge in [0.15, 0.2) is 11.6 Å². The highest BCUT2D eigenvalue weighted by Crippen LogP contribution is 2.20. The summed E-state index contributed by atoms with van der Waals surface area (Å²) in [6, 6.07) is 12.4. The van der Waals surface area contributed by atoms with Gasteiger partial charge in [0, 0.05) is 6.54 Å². The molecule has 0 spiro atoms. The lowest BCUT2D eigenvalue weighted by Gasteiger charge is -2.12. The van der Waals surface area contributed by atoms with Crippen LogP contribution in [0.2, 0.25) is 0 Å². The third kappa shape index (κ3) is 4.29. The van der Waals surface area contributed by atoms with Crippen LogP contribution >= 0.6 is 0 Å². The van der Waals surface area contributed by atoms with E-state index >= 15 is 0 Å². The van der Waals surface area contributed by atoms with Gasteiger partial charge >= 0.3 is 0 Å². The molecule has 0 aliphatic rings. The molecule has 0 aliphatic carbocycles. The van der Waals surface area contributed by atoms with Crippen LogP contribution < -0.4 is 9.46 Å². The lowest BCUT2D eigenvalue weighted by atomic mass is 10.2. The second-order valence-electron chi connectivity index (χ2n) is 5.07. The minimum absolute atomic E-state index is 0.0100. The molecule has 0 amide bonds. The molecule has 2 aromatic carbocycles. The standard InChI is InChI=1S/C16H18FNO3S/c1-12(2)21-16-9-8-13(10-15(16)17)11-18-22(19,20)14-6-4-3-5-7-14/h3-10,12,18H,11H2,1-2H3. The van der Waals surface area contributed by atoms with Gasteiger partial charge < -0.3 is 4.74 Å². The number of ether oxygens (including phenoxy) is 1. The molecule has 6 heteroatoms. The van der Waals surface area contributed by atoms with Gasteiger partial charge in [0.05, 0.1) is 11.0 Å². The first-order valence-corrected chi connectivity index (χ1v) is 8.36. The summed E-state index contributed by atoms with van der Waals surface area (Å²) in [5.41, 5.74) is 0.521. The average molecular weight is 323 g/mol. The number of hydrogen-bond acceptors (Lipinski definition) is 3. The summed E-state index contributed by atoms with van der Waals surface area (Å²) >= 11 is 0. The van der Waals surface area contributed by atoms with Gasteiger partial charge in [-0.1, -0.05) is 24.3 Å². The van der Waals surface area contributed by atoms with Gasteiger partial charge in [0.2, 0.25) is 10.0 Å². The van der Waals surface area contributed by atoms with Crippen LogP contribution in [0.3, 0.4) is 0 Å². The van der Waals surface area contributed by atoms with Crippen LogP contribution in [-0.2, 0) is 16.6 Å². The summed E-state index contributed by atoms with van der Waals surface area (Å²) < 4.78 is 45.7. The van der Waals surface area contributed by atoms with E-state index in [1.54, 1.807) is 38.1 Å². The molecule has 1 N–H and O–H groups in total. The average Bonchev–Trinajstić information content (AvgIpc) is 2.48. The fourth-order valence-corrected chi connectivity index (χ4v) is 2.90. The lowest BCUT2D eigenvalue weighted by Crippen LogP contribution is -2.23. The van der Waals surface area contributed by atoms with Gasteiger partial charge in [0.1, 0.15) is 0 Å². The van der Waals surface area contributed by atoms with Gasteiger partial charge in [-0.05, 0) is 43.7 Å². The van der Waals surface area contributed by atoms with E-state index in [2.05, 4.69) is 4.72 Å². The molecule has 2 rings (SSSR count). The Morgan fingerprint density at radius 3 is 2.41 bits per heavy atom. The van der Waals surface area contributed by atoms with Crippen molar-refractivity contribution in [3.63, 3.8) is 0 Å². The van der Waals surface area contributed by atoms with E-state index in [0.29, 0.717) is 5.56 Å². The van der Waals surface area contributed by atoms with Crippen molar-refractivity contribution in [2.24, 2.45) is 0 Å². The van der Waals surface area contributed by atoms with Crippen molar-refractivity contribution in [3.05, 3.63) is 59.9 Å². The molecule has 0 aromatic heterocycles. The fraction of sp³-hybridized carbons (Fsp3) is 0.250. The van der Waals surface area contributed by atoms with Crippen LogP contribution in [0.25, 0.3) is 0 Å². The van der Waals surface area contributed by atoms with E-state index in [4.69, 9.17) is 4.74 Å². The Balaban J connectivity index is 2.07. The smallest absolute Gasteiger partial charge is 0.240 e. The number of rotatable bonds is 6. The molecule has 0 fully saturated rings. The summed E-state index contributed by atoms with van der Waals surface area (Å²) in [5, 5.41) is 0. The third-order valence-corrected chi connectivity index (χ3v) is 4.30. The number of halogens is 1. The van der Waals surface area contributed by atoms with Crippen LogP contribution in [0.15, 0.2) is 53.4 Å². The highest BCUT2D eigenvalue weighted by atomic mass is 32.2. The molecule has 0 unspecified atom stereocenters. The molecule has 0 aliphatic heterocycles. The summed E-state index contributed by atoms with van der Waals surface area (Å²) in [4.78, 5) is 0.176. The van der Waals surface area contributed by atoms with Gasteiger partial charge in [-0.3, -0.25) is 0 Å². The molecule has 4 nitrogen and oxygen atoms in total. The molecular formula is C16H18FNO3S. The Morgan fingerprint density at radius 2 is 1.82 bits per heavy atom. The molecule has 0 radical (unpaired) electrons. The van der Waals surface area contributed by atoms with Crippen LogP contribution in [0.5, 0.6) is 5.75 Å². The second kappa shape index (κ2) is 6.89. The predicted octanol–water partition coefficient (Wildman–Crippen LogP) is 3.09. The zero-order valence-corrected chi connectivity index (χ0v) is 13.2. The minimum Gasteiger partial charge on any atom is -0.488 e. The van der Waals surface area contributed by atoms with Crippen LogP contribution in [0.1, 0.15) is 19.4 Å². The molecule has 118 valence electrons. The van der Waals surface area contributed by atoms with Crippen LogP contribution in [0.4, 0.5) is 4.39 Å². The molecule has 22 heavy (non-hydrogen) atoms. The lowest BCUT2D eigenvalue weighted by molar-refractivity contribution is 0.231. The molecule has 0 saturated heterocycles. The predicted molar refractivity (Wildman–Crippen MR) is 82.6 cm³/mol. The molecule has 2 aromatic rings. The Morgan fingerprint density at radius 1 is 1.14 bits per heavy atom. The summed E-state index contributed by atoms with van der Waals surface area (Å²) in [5.74, 6) is -0.352. The van der Waals surface area contributed by atoms with Crippen molar-refractivity contribution in [3.8, 4) is 5.75 Å². The summed E-state index contributed by atoms with van der Waals surface area (Å²) in [6.45, 7) is 3.62. The van der Waals surface area contributed by atoms with E-state index < -0.39 is 15.8 Å². The Bertz CT molecular complexity index is 730. The maximum Gasteiger partial charge on any atom is 0.240 e.